The molecule has 1 fully saturated rings. The van der Waals surface area contributed by atoms with Gasteiger partial charge in [0.05, 0.1) is 12.7 Å². The summed E-state index contributed by atoms with van der Waals surface area (Å²) in [5.74, 6) is 1.57. The molecule has 3 rings (SSSR count). The molecule has 25 heavy (non-hydrogen) atoms. The Morgan fingerprint density at radius 3 is 2.72 bits per heavy atom. The Morgan fingerprint density at radius 1 is 1.24 bits per heavy atom. The van der Waals surface area contributed by atoms with E-state index in [4.69, 9.17) is 4.74 Å². The molecule has 0 bridgehead atoms. The number of amides is 1. The van der Waals surface area contributed by atoms with Crippen LogP contribution in [0, 0.1) is 0 Å². The predicted octanol–water partition coefficient (Wildman–Crippen LogP) is 3.53. The smallest absolute Gasteiger partial charge is 0.258 e. The van der Waals surface area contributed by atoms with Crippen LogP contribution in [0.3, 0.4) is 0 Å². The number of ether oxygens (including phenoxy) is 1. The van der Waals surface area contributed by atoms with E-state index in [0.29, 0.717) is 5.56 Å². The van der Waals surface area contributed by atoms with Crippen LogP contribution in [0.2, 0.25) is 0 Å². The summed E-state index contributed by atoms with van der Waals surface area (Å²) < 4.78 is 5.13. The normalized spacial score (nSPS) is 14.4. The molecule has 0 atom stereocenters. The van der Waals surface area contributed by atoms with Gasteiger partial charge in [0.1, 0.15) is 10.8 Å². The molecule has 1 aliphatic rings. The third kappa shape index (κ3) is 4.96. The lowest BCUT2D eigenvalue weighted by molar-refractivity contribution is 0.102. The van der Waals surface area contributed by atoms with Crippen LogP contribution in [0.25, 0.3) is 0 Å². The molecular weight excluding hydrogens is 334 g/mol. The largest absolute Gasteiger partial charge is 0.497 e. The molecule has 1 aromatic carbocycles. The van der Waals surface area contributed by atoms with Gasteiger partial charge < -0.3 is 15.0 Å². The number of benzene rings is 1. The first-order chi connectivity index (χ1) is 12.3. The Morgan fingerprint density at radius 2 is 2.00 bits per heavy atom. The summed E-state index contributed by atoms with van der Waals surface area (Å²) in [5, 5.41) is 3.71. The lowest BCUT2D eigenvalue weighted by atomic mass is 10.2. The lowest BCUT2D eigenvalue weighted by Gasteiger charge is -2.14. The molecule has 0 unspecified atom stereocenters. The number of carbonyl (C=O) groups excluding carboxylic acids is 1. The summed E-state index contributed by atoms with van der Waals surface area (Å²) in [7, 11) is 1.62. The van der Waals surface area contributed by atoms with Crippen molar-refractivity contribution < 1.29 is 9.53 Å². The van der Waals surface area contributed by atoms with Crippen LogP contribution >= 0.6 is 11.8 Å². The van der Waals surface area contributed by atoms with Crippen LogP contribution in [0.4, 0.5) is 5.69 Å². The molecule has 0 aliphatic carbocycles. The van der Waals surface area contributed by atoms with Crippen LogP contribution < -0.4 is 10.1 Å². The average molecular weight is 357 g/mol. The molecule has 0 radical (unpaired) electrons. The maximum Gasteiger partial charge on any atom is 0.258 e. The standard InChI is InChI=1S/C19H23N3O2S/c1-24-16-8-6-15(7-9-16)21-18(23)17-5-4-10-20-19(17)25-14-13-22-11-2-3-12-22/h4-10H,2-3,11-14H2,1H3,(H,21,23). The first-order valence-electron chi connectivity index (χ1n) is 8.52. The second-order valence-electron chi connectivity index (χ2n) is 5.94. The van der Waals surface area contributed by atoms with Crippen LogP contribution in [0.5, 0.6) is 5.75 Å². The van der Waals surface area contributed by atoms with E-state index in [0.717, 1.165) is 28.8 Å². The number of methoxy groups -OCH3 is 1. The van der Waals surface area contributed by atoms with Crippen molar-refractivity contribution in [1.82, 2.24) is 9.88 Å². The van der Waals surface area contributed by atoms with Crippen LogP contribution in [-0.4, -0.2) is 48.3 Å². The first-order valence-corrected chi connectivity index (χ1v) is 9.50. The number of rotatable bonds is 7. The number of anilines is 1. The van der Waals surface area contributed by atoms with Crippen molar-refractivity contribution in [2.24, 2.45) is 0 Å². The van der Waals surface area contributed by atoms with Crippen molar-refractivity contribution >= 4 is 23.4 Å². The molecule has 0 spiro atoms. The Bertz CT molecular complexity index is 700. The second-order valence-corrected chi connectivity index (χ2v) is 7.02. The van der Waals surface area contributed by atoms with E-state index in [1.54, 1.807) is 31.1 Å². The topological polar surface area (TPSA) is 54.5 Å². The number of nitrogens with one attached hydrogen (secondary N) is 1. The fraction of sp³-hybridized carbons (Fsp3) is 0.368. The number of thioether (sulfide) groups is 1. The van der Waals surface area contributed by atoms with Crippen LogP contribution in [0.15, 0.2) is 47.6 Å². The number of hydrogen-bond acceptors (Lipinski definition) is 5. The van der Waals surface area contributed by atoms with Crippen molar-refractivity contribution in [2.45, 2.75) is 17.9 Å². The summed E-state index contributed by atoms with van der Waals surface area (Å²) in [6.45, 7) is 3.42. The molecule has 0 saturated carbocycles. The van der Waals surface area contributed by atoms with Crippen molar-refractivity contribution in [3.05, 3.63) is 48.2 Å². The van der Waals surface area contributed by atoms with Gasteiger partial charge in [0, 0.05) is 24.2 Å². The lowest BCUT2D eigenvalue weighted by Crippen LogP contribution is -2.22. The molecule has 132 valence electrons. The third-order valence-electron chi connectivity index (χ3n) is 4.21. The minimum atomic E-state index is -0.137. The Labute approximate surface area is 152 Å². The molecule has 2 aromatic rings. The SMILES string of the molecule is COc1ccc(NC(=O)c2cccnc2SCCN2CCCC2)cc1. The molecule has 1 N–H and O–H groups in total. The number of aromatic nitrogens is 1. The third-order valence-corrected chi connectivity index (χ3v) is 5.19. The molecule has 1 saturated heterocycles. The molecule has 2 heterocycles. The van der Waals surface area contributed by atoms with Gasteiger partial charge in [0.2, 0.25) is 0 Å². The highest BCUT2D eigenvalue weighted by molar-refractivity contribution is 7.99. The average Bonchev–Trinajstić information content (AvgIpc) is 3.16. The van der Waals surface area contributed by atoms with Crippen molar-refractivity contribution in [2.75, 3.05) is 37.8 Å². The van der Waals surface area contributed by atoms with E-state index < -0.39 is 0 Å². The van der Waals surface area contributed by atoms with Gasteiger partial charge in [-0.3, -0.25) is 4.79 Å². The zero-order chi connectivity index (χ0) is 17.5. The van der Waals surface area contributed by atoms with E-state index in [2.05, 4.69) is 15.2 Å². The summed E-state index contributed by atoms with van der Waals surface area (Å²) in [6.07, 6.45) is 4.33. The van der Waals surface area contributed by atoms with Gasteiger partial charge in [-0.25, -0.2) is 4.98 Å². The number of nitrogens with zero attached hydrogens (tertiary/aromatic N) is 2. The number of likely N-dealkylation sites (tertiary alicyclic amines) is 1. The van der Waals surface area contributed by atoms with Crippen molar-refractivity contribution in [1.29, 1.82) is 0 Å². The second kappa shape index (κ2) is 8.87. The zero-order valence-corrected chi connectivity index (χ0v) is 15.2. The highest BCUT2D eigenvalue weighted by Gasteiger charge is 2.15. The van der Waals surface area contributed by atoms with Crippen molar-refractivity contribution in [3.8, 4) is 5.75 Å². The van der Waals surface area contributed by atoms with Gasteiger partial charge in [0.25, 0.3) is 5.91 Å². The molecule has 1 amide bonds. The summed E-state index contributed by atoms with van der Waals surface area (Å²) in [5.41, 5.74) is 1.35. The molecule has 1 aromatic heterocycles. The minimum Gasteiger partial charge on any atom is -0.497 e. The predicted molar refractivity (Wildman–Crippen MR) is 102 cm³/mol. The number of carbonyl (C=O) groups is 1. The van der Waals surface area contributed by atoms with Crippen LogP contribution in [0.1, 0.15) is 23.2 Å². The van der Waals surface area contributed by atoms with E-state index in [9.17, 15) is 4.79 Å². The fourth-order valence-electron chi connectivity index (χ4n) is 2.83. The molecule has 5 nitrogen and oxygen atoms in total. The molecular formula is C19H23N3O2S. The van der Waals surface area contributed by atoms with Gasteiger partial charge >= 0.3 is 0 Å². The van der Waals surface area contributed by atoms with Gasteiger partial charge in [-0.15, -0.1) is 11.8 Å². The summed E-state index contributed by atoms with van der Waals surface area (Å²) in [4.78, 5) is 19.5. The Balaban J connectivity index is 1.61. The van der Waals surface area contributed by atoms with E-state index in [1.165, 1.54) is 25.9 Å². The van der Waals surface area contributed by atoms with Gasteiger partial charge in [0.15, 0.2) is 0 Å². The first kappa shape index (κ1) is 17.8. The molecule has 6 heteroatoms. The summed E-state index contributed by atoms with van der Waals surface area (Å²) in [6, 6.07) is 10.9. The van der Waals surface area contributed by atoms with Gasteiger partial charge in [-0.05, 0) is 62.3 Å². The minimum absolute atomic E-state index is 0.137. The quantitative estimate of drug-likeness (QED) is 0.768. The van der Waals surface area contributed by atoms with Gasteiger partial charge in [-0.2, -0.15) is 0 Å². The highest BCUT2D eigenvalue weighted by atomic mass is 32.2. The van der Waals surface area contributed by atoms with Crippen LogP contribution in [-0.2, 0) is 0 Å². The maximum atomic E-state index is 12.6. The van der Waals surface area contributed by atoms with E-state index >= 15 is 0 Å². The number of hydrogen-bond donors (Lipinski definition) is 1. The fourth-order valence-corrected chi connectivity index (χ4v) is 3.82. The molecule has 1 aliphatic heterocycles. The monoisotopic (exact) mass is 357 g/mol. The number of pyridine rings is 1. The zero-order valence-electron chi connectivity index (χ0n) is 14.4. The van der Waals surface area contributed by atoms with Crippen molar-refractivity contribution in [3.63, 3.8) is 0 Å². The maximum absolute atomic E-state index is 12.6. The Kier molecular flexibility index (Phi) is 6.30. The Hall–Kier alpha value is -2.05. The highest BCUT2D eigenvalue weighted by Crippen LogP contribution is 2.22. The van der Waals surface area contributed by atoms with E-state index in [-0.39, 0.29) is 5.91 Å². The van der Waals surface area contributed by atoms with E-state index in [1.807, 2.05) is 30.3 Å². The van der Waals surface area contributed by atoms with Gasteiger partial charge in [-0.1, -0.05) is 0 Å². The summed E-state index contributed by atoms with van der Waals surface area (Å²) >= 11 is 1.65.